The Balaban J connectivity index is 2.28. The van der Waals surface area contributed by atoms with E-state index in [0.29, 0.717) is 12.1 Å². The van der Waals surface area contributed by atoms with Gasteiger partial charge in [-0.25, -0.2) is 4.79 Å². The molecule has 0 spiro atoms. The fourth-order valence-corrected chi connectivity index (χ4v) is 3.20. The van der Waals surface area contributed by atoms with Crippen LogP contribution in [0.15, 0.2) is 35.9 Å². The van der Waals surface area contributed by atoms with Gasteiger partial charge in [0.25, 0.3) is 0 Å². The van der Waals surface area contributed by atoms with Crippen molar-refractivity contribution in [3.8, 4) is 0 Å². The van der Waals surface area contributed by atoms with Crippen molar-refractivity contribution in [2.24, 2.45) is 17.8 Å². The summed E-state index contributed by atoms with van der Waals surface area (Å²) in [6.45, 7) is 3.62. The fourth-order valence-electron chi connectivity index (χ4n) is 3.20. The zero-order valence-electron chi connectivity index (χ0n) is 13.9. The van der Waals surface area contributed by atoms with Gasteiger partial charge >= 0.3 is 5.97 Å². The number of allylic oxidation sites excluding steroid dienone is 2. The number of hydrogen-bond donors (Lipinski definition) is 1. The molecule has 6 nitrogen and oxygen atoms in total. The summed E-state index contributed by atoms with van der Waals surface area (Å²) in [5.41, 5.74) is 1.47. The minimum absolute atomic E-state index is 0.217. The van der Waals surface area contributed by atoms with Crippen LogP contribution >= 0.6 is 0 Å². The number of hydrogen-bond acceptors (Lipinski definition) is 5. The standard InChI is InChI=1S/C18H21NO5/c1-10-8-11(2)15(17(21)22)13(9-10)16(20)19-14-7-5-4-6-12(14)18(23)24-3/h4-8,11,13,15H,9H2,1-3H3,(H,19,20)(H,21,22)/p-1/t11-,13+,15-/m1/s1. The van der Waals surface area contributed by atoms with Gasteiger partial charge in [-0.1, -0.05) is 30.7 Å². The Labute approximate surface area is 140 Å². The third-order valence-electron chi connectivity index (χ3n) is 4.29. The van der Waals surface area contributed by atoms with Crippen molar-refractivity contribution in [1.82, 2.24) is 0 Å². The van der Waals surface area contributed by atoms with Crippen LogP contribution in [-0.2, 0) is 14.3 Å². The van der Waals surface area contributed by atoms with Crippen molar-refractivity contribution in [2.75, 3.05) is 12.4 Å². The number of anilines is 1. The van der Waals surface area contributed by atoms with Gasteiger partial charge in [-0.2, -0.15) is 0 Å². The average Bonchev–Trinajstić information content (AvgIpc) is 2.53. The third-order valence-corrected chi connectivity index (χ3v) is 4.29. The van der Waals surface area contributed by atoms with Crippen LogP contribution in [-0.4, -0.2) is 25.0 Å². The number of carboxylic acid groups (broad SMARTS) is 1. The van der Waals surface area contributed by atoms with Crippen LogP contribution in [0.25, 0.3) is 0 Å². The number of rotatable bonds is 4. The number of benzene rings is 1. The first-order valence-electron chi connectivity index (χ1n) is 7.71. The van der Waals surface area contributed by atoms with E-state index in [1.165, 1.54) is 13.2 Å². The summed E-state index contributed by atoms with van der Waals surface area (Å²) < 4.78 is 4.69. The molecule has 0 aromatic heterocycles. The average molecular weight is 330 g/mol. The van der Waals surface area contributed by atoms with Crippen LogP contribution in [0.1, 0.15) is 30.6 Å². The summed E-state index contributed by atoms with van der Waals surface area (Å²) in [7, 11) is 1.25. The number of para-hydroxylation sites is 1. The Morgan fingerprint density at radius 3 is 2.54 bits per heavy atom. The van der Waals surface area contributed by atoms with Gasteiger partial charge in [-0.05, 0) is 31.4 Å². The first-order valence-corrected chi connectivity index (χ1v) is 7.71. The molecular weight excluding hydrogens is 310 g/mol. The molecule has 0 saturated carbocycles. The van der Waals surface area contributed by atoms with Crippen molar-refractivity contribution in [1.29, 1.82) is 0 Å². The van der Waals surface area contributed by atoms with Crippen LogP contribution in [0, 0.1) is 17.8 Å². The molecule has 0 bridgehead atoms. The molecule has 1 amide bonds. The predicted molar refractivity (Wildman–Crippen MR) is 85.9 cm³/mol. The summed E-state index contributed by atoms with van der Waals surface area (Å²) >= 11 is 0. The molecule has 0 fully saturated rings. The third kappa shape index (κ3) is 3.64. The van der Waals surface area contributed by atoms with E-state index in [4.69, 9.17) is 4.74 Å². The largest absolute Gasteiger partial charge is 0.550 e. The normalized spacial score (nSPS) is 23.1. The van der Waals surface area contributed by atoms with Crippen LogP contribution < -0.4 is 10.4 Å². The van der Waals surface area contributed by atoms with Gasteiger partial charge in [0.1, 0.15) is 0 Å². The summed E-state index contributed by atoms with van der Waals surface area (Å²) in [4.78, 5) is 35.9. The van der Waals surface area contributed by atoms with E-state index in [-0.39, 0.29) is 11.5 Å². The lowest BCUT2D eigenvalue weighted by Crippen LogP contribution is -2.45. The number of carbonyl (C=O) groups excluding carboxylic acids is 3. The molecule has 1 aromatic carbocycles. The Morgan fingerprint density at radius 2 is 1.92 bits per heavy atom. The zero-order chi connectivity index (χ0) is 17.9. The molecule has 2 rings (SSSR count). The predicted octanol–water partition coefficient (Wildman–Crippen LogP) is 1.38. The topological polar surface area (TPSA) is 95.5 Å². The number of esters is 1. The molecule has 0 heterocycles. The van der Waals surface area contributed by atoms with E-state index < -0.39 is 29.7 Å². The molecule has 128 valence electrons. The van der Waals surface area contributed by atoms with E-state index in [9.17, 15) is 19.5 Å². The van der Waals surface area contributed by atoms with Gasteiger partial charge in [0, 0.05) is 11.9 Å². The van der Waals surface area contributed by atoms with E-state index in [1.54, 1.807) is 25.1 Å². The second-order valence-corrected chi connectivity index (χ2v) is 6.05. The van der Waals surface area contributed by atoms with Crippen molar-refractivity contribution < 1.29 is 24.2 Å². The lowest BCUT2D eigenvalue weighted by molar-refractivity contribution is -0.314. The maximum absolute atomic E-state index is 12.7. The Kier molecular flexibility index (Phi) is 5.39. The smallest absolute Gasteiger partial charge is 0.339 e. The number of methoxy groups -OCH3 is 1. The SMILES string of the molecule is COC(=O)c1ccccc1NC(=O)[C@H]1CC(C)=C[C@@H](C)[C@H]1C(=O)[O-]. The first-order chi connectivity index (χ1) is 11.3. The van der Waals surface area contributed by atoms with Gasteiger partial charge in [0.15, 0.2) is 0 Å². The highest BCUT2D eigenvalue weighted by molar-refractivity contribution is 6.02. The first kappa shape index (κ1) is 17.7. The molecule has 0 unspecified atom stereocenters. The second kappa shape index (κ2) is 7.29. The van der Waals surface area contributed by atoms with Crippen LogP contribution in [0.2, 0.25) is 0 Å². The van der Waals surface area contributed by atoms with Gasteiger partial charge in [-0.15, -0.1) is 0 Å². The molecule has 0 radical (unpaired) electrons. The lowest BCUT2D eigenvalue weighted by atomic mass is 9.73. The molecule has 24 heavy (non-hydrogen) atoms. The Hall–Kier alpha value is -2.63. The number of amides is 1. The molecular formula is C18H20NO5-. The summed E-state index contributed by atoms with van der Waals surface area (Å²) in [5, 5.41) is 14.1. The van der Waals surface area contributed by atoms with E-state index in [0.717, 1.165) is 5.57 Å². The zero-order valence-corrected chi connectivity index (χ0v) is 13.9. The number of aliphatic carboxylic acids is 1. The number of nitrogens with one attached hydrogen (secondary N) is 1. The second-order valence-electron chi connectivity index (χ2n) is 6.05. The fraction of sp³-hybridized carbons (Fsp3) is 0.389. The highest BCUT2D eigenvalue weighted by Gasteiger charge is 2.36. The van der Waals surface area contributed by atoms with E-state index in [1.807, 2.05) is 13.0 Å². The highest BCUT2D eigenvalue weighted by Crippen LogP contribution is 2.34. The van der Waals surface area contributed by atoms with Gasteiger partial charge in [0.2, 0.25) is 5.91 Å². The summed E-state index contributed by atoms with van der Waals surface area (Å²) in [6.07, 6.45) is 2.20. The van der Waals surface area contributed by atoms with Crippen molar-refractivity contribution >= 4 is 23.5 Å². The monoisotopic (exact) mass is 330 g/mol. The van der Waals surface area contributed by atoms with Gasteiger partial charge in [-0.3, -0.25) is 4.79 Å². The molecule has 6 heteroatoms. The molecule has 1 aliphatic rings. The molecule has 0 saturated heterocycles. The van der Waals surface area contributed by atoms with Crippen molar-refractivity contribution in [2.45, 2.75) is 20.3 Å². The van der Waals surface area contributed by atoms with Crippen molar-refractivity contribution in [3.05, 3.63) is 41.5 Å². The van der Waals surface area contributed by atoms with E-state index in [2.05, 4.69) is 5.32 Å². The van der Waals surface area contributed by atoms with Gasteiger partial charge in [0.05, 0.1) is 24.3 Å². The minimum Gasteiger partial charge on any atom is -0.550 e. The Bertz CT molecular complexity index is 694. The van der Waals surface area contributed by atoms with Crippen LogP contribution in [0.5, 0.6) is 0 Å². The lowest BCUT2D eigenvalue weighted by Gasteiger charge is -2.35. The quantitative estimate of drug-likeness (QED) is 0.665. The highest BCUT2D eigenvalue weighted by atomic mass is 16.5. The molecule has 1 aromatic rings. The number of ether oxygens (including phenoxy) is 1. The van der Waals surface area contributed by atoms with Crippen molar-refractivity contribution in [3.63, 3.8) is 0 Å². The molecule has 3 atom stereocenters. The number of carboxylic acids is 1. The summed E-state index contributed by atoms with van der Waals surface area (Å²) in [5.74, 6) is -4.21. The molecule has 0 aliphatic heterocycles. The molecule has 1 N–H and O–H groups in total. The summed E-state index contributed by atoms with van der Waals surface area (Å²) in [6, 6.07) is 6.44. The maximum Gasteiger partial charge on any atom is 0.339 e. The number of carbonyl (C=O) groups is 3. The molecule has 1 aliphatic carbocycles. The van der Waals surface area contributed by atoms with E-state index >= 15 is 0 Å². The van der Waals surface area contributed by atoms with Gasteiger partial charge < -0.3 is 20.0 Å². The minimum atomic E-state index is -1.24. The van der Waals surface area contributed by atoms with Crippen LogP contribution in [0.4, 0.5) is 5.69 Å². The Morgan fingerprint density at radius 1 is 1.25 bits per heavy atom. The maximum atomic E-state index is 12.7. The van der Waals surface area contributed by atoms with Crippen LogP contribution in [0.3, 0.4) is 0 Å².